The monoisotopic (exact) mass is 222 g/mol. The zero-order valence-corrected chi connectivity index (χ0v) is 9.99. The lowest BCUT2D eigenvalue weighted by Gasteiger charge is -2.38. The lowest BCUT2D eigenvalue weighted by molar-refractivity contribution is -0.185. The van der Waals surface area contributed by atoms with Gasteiger partial charge in [0.25, 0.3) is 0 Å². The van der Waals surface area contributed by atoms with Gasteiger partial charge in [0, 0.05) is 5.56 Å². The van der Waals surface area contributed by atoms with Crippen LogP contribution in [0.15, 0.2) is 18.2 Å². The number of ether oxygens (including phenoxy) is 2. The highest BCUT2D eigenvalue weighted by atomic mass is 16.5. The maximum Gasteiger partial charge on any atom is 0.140 e. The Morgan fingerprint density at radius 1 is 1.38 bits per heavy atom. The molecule has 1 aliphatic heterocycles. The van der Waals surface area contributed by atoms with Crippen molar-refractivity contribution in [3.8, 4) is 5.75 Å². The number of para-hydroxylation sites is 1. The summed E-state index contributed by atoms with van der Waals surface area (Å²) >= 11 is 0. The first kappa shape index (κ1) is 11.4. The highest BCUT2D eigenvalue weighted by Gasteiger charge is 2.40. The Morgan fingerprint density at radius 3 is 2.50 bits per heavy atom. The van der Waals surface area contributed by atoms with Gasteiger partial charge in [-0.25, -0.2) is 0 Å². The molecule has 2 rings (SSSR count). The fourth-order valence-corrected chi connectivity index (χ4v) is 2.05. The Morgan fingerprint density at radius 2 is 2.06 bits per heavy atom. The summed E-state index contributed by atoms with van der Waals surface area (Å²) in [5, 5.41) is 10.3. The van der Waals surface area contributed by atoms with Gasteiger partial charge in [-0.05, 0) is 11.5 Å². The van der Waals surface area contributed by atoms with Crippen LogP contribution in [-0.4, -0.2) is 25.4 Å². The quantitative estimate of drug-likeness (QED) is 0.850. The number of rotatable bonds is 3. The molecule has 0 amide bonds. The second kappa shape index (κ2) is 4.07. The Hall–Kier alpha value is -1.06. The first-order valence-electron chi connectivity index (χ1n) is 5.56. The molecule has 1 aromatic carbocycles. The third-order valence-corrected chi connectivity index (χ3v) is 3.05. The first-order valence-corrected chi connectivity index (χ1v) is 5.56. The van der Waals surface area contributed by atoms with Gasteiger partial charge in [0.2, 0.25) is 0 Å². The topological polar surface area (TPSA) is 38.7 Å². The van der Waals surface area contributed by atoms with Crippen molar-refractivity contribution < 1.29 is 14.6 Å². The third kappa shape index (κ3) is 1.70. The van der Waals surface area contributed by atoms with E-state index in [1.54, 1.807) is 7.11 Å². The van der Waals surface area contributed by atoms with Crippen molar-refractivity contribution >= 4 is 0 Å². The summed E-state index contributed by atoms with van der Waals surface area (Å²) < 4.78 is 10.5. The summed E-state index contributed by atoms with van der Waals surface area (Å²) in [4.78, 5) is 0. The molecule has 1 aliphatic rings. The van der Waals surface area contributed by atoms with E-state index in [9.17, 15) is 5.11 Å². The van der Waals surface area contributed by atoms with Gasteiger partial charge in [-0.15, -0.1) is 0 Å². The van der Waals surface area contributed by atoms with Crippen molar-refractivity contribution in [1.82, 2.24) is 0 Å². The molecule has 0 spiro atoms. The average molecular weight is 222 g/mol. The van der Waals surface area contributed by atoms with Crippen LogP contribution in [0, 0.1) is 0 Å². The molecule has 3 nitrogen and oxygen atoms in total. The molecule has 0 bridgehead atoms. The van der Waals surface area contributed by atoms with Crippen LogP contribution in [0.2, 0.25) is 0 Å². The Bertz CT molecular complexity index is 381. The normalized spacial score (nSPS) is 18.3. The molecule has 3 heteroatoms. The van der Waals surface area contributed by atoms with Crippen LogP contribution in [0.5, 0.6) is 5.75 Å². The standard InChI is InChI=1S/C13H18O3/c1-9(2)10-5-4-6-11(12(10)15-3)13(14)7-16-8-13/h4-6,9,14H,7-8H2,1-3H3. The molecular weight excluding hydrogens is 204 g/mol. The van der Waals surface area contributed by atoms with Gasteiger partial charge in [-0.2, -0.15) is 0 Å². The molecule has 0 radical (unpaired) electrons. The Balaban J connectivity index is 2.48. The van der Waals surface area contributed by atoms with Gasteiger partial charge in [0.1, 0.15) is 11.4 Å². The molecule has 16 heavy (non-hydrogen) atoms. The fraction of sp³-hybridized carbons (Fsp3) is 0.538. The van der Waals surface area contributed by atoms with E-state index in [0.29, 0.717) is 19.1 Å². The van der Waals surface area contributed by atoms with Crippen molar-refractivity contribution in [2.45, 2.75) is 25.4 Å². The van der Waals surface area contributed by atoms with E-state index in [1.807, 2.05) is 18.2 Å². The summed E-state index contributed by atoms with van der Waals surface area (Å²) in [7, 11) is 1.65. The number of hydrogen-bond acceptors (Lipinski definition) is 3. The minimum absolute atomic E-state index is 0.352. The lowest BCUT2D eigenvalue weighted by atomic mass is 9.87. The summed E-state index contributed by atoms with van der Waals surface area (Å²) in [6.45, 7) is 4.93. The summed E-state index contributed by atoms with van der Waals surface area (Å²) in [5.74, 6) is 1.17. The van der Waals surface area contributed by atoms with Crippen LogP contribution >= 0.6 is 0 Å². The van der Waals surface area contributed by atoms with E-state index < -0.39 is 5.60 Å². The molecule has 0 atom stereocenters. The van der Waals surface area contributed by atoms with Gasteiger partial charge in [0.05, 0.1) is 20.3 Å². The van der Waals surface area contributed by atoms with E-state index in [-0.39, 0.29) is 0 Å². The van der Waals surface area contributed by atoms with Crippen LogP contribution < -0.4 is 4.74 Å². The summed E-state index contributed by atoms with van der Waals surface area (Å²) in [6, 6.07) is 5.91. The van der Waals surface area contributed by atoms with E-state index in [0.717, 1.165) is 16.9 Å². The molecule has 0 unspecified atom stereocenters. The zero-order valence-electron chi connectivity index (χ0n) is 9.99. The van der Waals surface area contributed by atoms with Gasteiger partial charge < -0.3 is 14.6 Å². The number of hydrogen-bond donors (Lipinski definition) is 1. The summed E-state index contributed by atoms with van der Waals surface area (Å²) in [6.07, 6.45) is 0. The number of aliphatic hydroxyl groups is 1. The summed E-state index contributed by atoms with van der Waals surface area (Å²) in [5.41, 5.74) is 1.10. The molecular formula is C13H18O3. The molecule has 0 aliphatic carbocycles. The first-order chi connectivity index (χ1) is 7.58. The number of benzene rings is 1. The second-order valence-electron chi connectivity index (χ2n) is 4.61. The molecule has 1 aromatic rings. The lowest BCUT2D eigenvalue weighted by Crippen LogP contribution is -2.46. The van der Waals surface area contributed by atoms with Crippen molar-refractivity contribution in [1.29, 1.82) is 0 Å². The van der Waals surface area contributed by atoms with Gasteiger partial charge in [-0.3, -0.25) is 0 Å². The van der Waals surface area contributed by atoms with Gasteiger partial charge in [-0.1, -0.05) is 32.0 Å². The van der Waals surface area contributed by atoms with Crippen LogP contribution in [0.1, 0.15) is 30.9 Å². The highest BCUT2D eigenvalue weighted by molar-refractivity contribution is 5.47. The predicted molar refractivity (Wildman–Crippen MR) is 61.8 cm³/mol. The average Bonchev–Trinajstić information content (AvgIpc) is 2.24. The maximum absolute atomic E-state index is 10.3. The van der Waals surface area contributed by atoms with Gasteiger partial charge >= 0.3 is 0 Å². The van der Waals surface area contributed by atoms with E-state index in [4.69, 9.17) is 9.47 Å². The van der Waals surface area contributed by atoms with E-state index in [1.165, 1.54) is 0 Å². The van der Waals surface area contributed by atoms with Gasteiger partial charge in [0.15, 0.2) is 0 Å². The third-order valence-electron chi connectivity index (χ3n) is 3.05. The molecule has 1 heterocycles. The molecule has 0 saturated carbocycles. The predicted octanol–water partition coefficient (Wildman–Crippen LogP) is 2.04. The Labute approximate surface area is 96.0 Å². The maximum atomic E-state index is 10.3. The largest absolute Gasteiger partial charge is 0.496 e. The van der Waals surface area contributed by atoms with Crippen LogP contribution in [0.3, 0.4) is 0 Å². The minimum Gasteiger partial charge on any atom is -0.496 e. The van der Waals surface area contributed by atoms with Crippen molar-refractivity contribution in [3.05, 3.63) is 29.3 Å². The fourth-order valence-electron chi connectivity index (χ4n) is 2.05. The second-order valence-corrected chi connectivity index (χ2v) is 4.61. The zero-order chi connectivity index (χ0) is 11.8. The Kier molecular flexibility index (Phi) is 2.91. The SMILES string of the molecule is COc1c(C(C)C)cccc1C1(O)COC1. The molecule has 1 N–H and O–H groups in total. The smallest absolute Gasteiger partial charge is 0.140 e. The van der Waals surface area contributed by atoms with Crippen molar-refractivity contribution in [2.75, 3.05) is 20.3 Å². The van der Waals surface area contributed by atoms with Crippen LogP contribution in [0.4, 0.5) is 0 Å². The highest BCUT2D eigenvalue weighted by Crippen LogP contribution is 2.39. The molecule has 1 saturated heterocycles. The number of methoxy groups -OCH3 is 1. The van der Waals surface area contributed by atoms with Crippen LogP contribution in [-0.2, 0) is 10.3 Å². The van der Waals surface area contributed by atoms with Crippen LogP contribution in [0.25, 0.3) is 0 Å². The van der Waals surface area contributed by atoms with Crippen molar-refractivity contribution in [2.24, 2.45) is 0 Å². The molecule has 1 fully saturated rings. The molecule has 88 valence electrons. The van der Waals surface area contributed by atoms with Crippen molar-refractivity contribution in [3.63, 3.8) is 0 Å². The van der Waals surface area contributed by atoms with E-state index >= 15 is 0 Å². The minimum atomic E-state index is -0.865. The van der Waals surface area contributed by atoms with E-state index in [2.05, 4.69) is 13.8 Å². The molecule has 0 aromatic heterocycles.